The molecule has 1 aromatic carbocycles. The number of hydrogen-bond acceptors (Lipinski definition) is 3. The first-order chi connectivity index (χ1) is 8.34. The predicted molar refractivity (Wildman–Crippen MR) is 86.5 cm³/mol. The minimum atomic E-state index is 0. The number of halogens is 1. The summed E-state index contributed by atoms with van der Waals surface area (Å²) in [6.07, 6.45) is 6.74. The van der Waals surface area contributed by atoms with E-state index in [1.807, 2.05) is 6.20 Å². The van der Waals surface area contributed by atoms with Gasteiger partial charge in [-0.1, -0.05) is 42.1 Å². The van der Waals surface area contributed by atoms with Crippen molar-refractivity contribution in [1.29, 1.82) is 0 Å². The van der Waals surface area contributed by atoms with Crippen LogP contribution in [0.3, 0.4) is 0 Å². The summed E-state index contributed by atoms with van der Waals surface area (Å²) in [5.41, 5.74) is 8.44. The average Bonchev–Trinajstić information content (AvgIpc) is 2.38. The van der Waals surface area contributed by atoms with Crippen molar-refractivity contribution in [3.63, 3.8) is 0 Å². The van der Waals surface area contributed by atoms with E-state index in [0.717, 1.165) is 12.2 Å². The Hall–Kier alpha value is -0.740. The number of unbranched alkanes of at least 4 members (excludes halogenated alkanes) is 1. The van der Waals surface area contributed by atoms with Gasteiger partial charge < -0.3 is 5.73 Å². The molecule has 98 valence electrons. The van der Waals surface area contributed by atoms with E-state index in [9.17, 15) is 0 Å². The fourth-order valence-corrected chi connectivity index (χ4v) is 2.54. The summed E-state index contributed by atoms with van der Waals surface area (Å²) >= 11 is 1.64. The first-order valence-corrected chi connectivity index (χ1v) is 7.01. The maximum atomic E-state index is 5.60. The van der Waals surface area contributed by atoms with Crippen LogP contribution in [-0.4, -0.2) is 10.9 Å². The lowest BCUT2D eigenvalue weighted by molar-refractivity contribution is 0.729. The first-order valence-electron chi connectivity index (χ1n) is 6.02. The van der Waals surface area contributed by atoms with Gasteiger partial charge in [0.2, 0.25) is 0 Å². The molecule has 0 fully saturated rings. The lowest BCUT2D eigenvalue weighted by atomic mass is 10.1. The third-order valence-corrected chi connectivity index (χ3v) is 3.75. The molecule has 1 aromatic rings. The van der Waals surface area contributed by atoms with Crippen LogP contribution in [-0.2, 0) is 6.42 Å². The highest BCUT2D eigenvalue weighted by Gasteiger charge is 2.05. The zero-order valence-electron chi connectivity index (χ0n) is 10.3. The van der Waals surface area contributed by atoms with E-state index in [0.29, 0.717) is 5.17 Å². The van der Waals surface area contributed by atoms with E-state index in [2.05, 4.69) is 35.3 Å². The van der Waals surface area contributed by atoms with Crippen molar-refractivity contribution in [2.75, 3.05) is 5.75 Å². The smallest absolute Gasteiger partial charge is 0.158 e. The molecule has 0 spiro atoms. The van der Waals surface area contributed by atoms with Gasteiger partial charge in [0, 0.05) is 12.0 Å². The number of nitrogens with two attached hydrogens (primary N) is 1. The summed E-state index contributed by atoms with van der Waals surface area (Å²) in [6.45, 7) is 0. The molecular weight excluding hydrogens is 308 g/mol. The average molecular weight is 327 g/mol. The van der Waals surface area contributed by atoms with Gasteiger partial charge in [-0.15, -0.1) is 17.0 Å². The Balaban J connectivity index is 0.00000162. The highest BCUT2D eigenvalue weighted by Crippen LogP contribution is 2.19. The Morgan fingerprint density at radius 3 is 2.50 bits per heavy atom. The number of amidine groups is 1. The van der Waals surface area contributed by atoms with Crippen molar-refractivity contribution >= 4 is 33.9 Å². The van der Waals surface area contributed by atoms with Crippen molar-refractivity contribution in [3.05, 3.63) is 47.7 Å². The van der Waals surface area contributed by atoms with Gasteiger partial charge in [-0.3, -0.25) is 0 Å². The molecule has 1 aliphatic heterocycles. The number of aryl methyl sites for hydroxylation is 1. The molecule has 2 N–H and O–H groups in total. The zero-order valence-corrected chi connectivity index (χ0v) is 12.9. The molecule has 0 saturated heterocycles. The van der Waals surface area contributed by atoms with Crippen LogP contribution in [0.25, 0.3) is 0 Å². The Labute approximate surface area is 124 Å². The van der Waals surface area contributed by atoms with Crippen LogP contribution < -0.4 is 5.73 Å². The van der Waals surface area contributed by atoms with Crippen molar-refractivity contribution in [3.8, 4) is 0 Å². The van der Waals surface area contributed by atoms with Gasteiger partial charge in [0.25, 0.3) is 0 Å². The standard InChI is InChI=1S/C14H18N2S.BrH/c15-14-16-10-13(11-17-14)9-5-4-8-12-6-2-1-3-7-12;/h1-3,6-7,10H,4-5,8-9,11H2,(H2,15,16);1H. The van der Waals surface area contributed by atoms with Crippen LogP contribution in [0, 0.1) is 0 Å². The molecule has 0 unspecified atom stereocenters. The second kappa shape index (κ2) is 8.38. The van der Waals surface area contributed by atoms with Gasteiger partial charge in [0.15, 0.2) is 5.17 Å². The molecule has 4 heteroatoms. The van der Waals surface area contributed by atoms with Crippen LogP contribution in [0.2, 0.25) is 0 Å². The van der Waals surface area contributed by atoms with Gasteiger partial charge in [-0.05, 0) is 36.8 Å². The molecule has 0 saturated carbocycles. The summed E-state index contributed by atoms with van der Waals surface area (Å²) in [4.78, 5) is 4.14. The SMILES string of the molecule is Br.NC1=NC=C(CCCCc2ccccc2)CS1. The fraction of sp³-hybridized carbons (Fsp3) is 0.357. The summed E-state index contributed by atoms with van der Waals surface area (Å²) in [5, 5.41) is 0.693. The molecule has 0 atom stereocenters. The number of thioether (sulfide) groups is 1. The fourth-order valence-electron chi connectivity index (χ4n) is 1.86. The molecule has 0 amide bonds. The highest BCUT2D eigenvalue weighted by molar-refractivity contribution is 8.93. The van der Waals surface area contributed by atoms with Crippen molar-refractivity contribution in [2.24, 2.45) is 10.7 Å². The molecule has 1 aliphatic rings. The van der Waals surface area contributed by atoms with Crippen molar-refractivity contribution < 1.29 is 0 Å². The Bertz CT molecular complexity index is 415. The van der Waals surface area contributed by atoms with Gasteiger partial charge >= 0.3 is 0 Å². The largest absolute Gasteiger partial charge is 0.378 e. The molecule has 1 heterocycles. The quantitative estimate of drug-likeness (QED) is 0.833. The summed E-state index contributed by atoms with van der Waals surface area (Å²) in [6, 6.07) is 10.7. The maximum Gasteiger partial charge on any atom is 0.158 e. The van der Waals surface area contributed by atoms with Crippen LogP contribution in [0.4, 0.5) is 0 Å². The van der Waals surface area contributed by atoms with Crippen LogP contribution in [0.15, 0.2) is 47.1 Å². The van der Waals surface area contributed by atoms with E-state index >= 15 is 0 Å². The number of rotatable bonds is 5. The monoisotopic (exact) mass is 326 g/mol. The summed E-state index contributed by atoms with van der Waals surface area (Å²) in [5.74, 6) is 1.01. The minimum absolute atomic E-state index is 0. The first kappa shape index (κ1) is 15.3. The summed E-state index contributed by atoms with van der Waals surface area (Å²) < 4.78 is 0. The molecule has 0 radical (unpaired) electrons. The highest BCUT2D eigenvalue weighted by atomic mass is 79.9. The minimum Gasteiger partial charge on any atom is -0.378 e. The van der Waals surface area contributed by atoms with E-state index in [1.165, 1.54) is 30.4 Å². The molecule has 2 nitrogen and oxygen atoms in total. The number of aliphatic imine (C=N–C) groups is 1. The second-order valence-corrected chi connectivity index (χ2v) is 5.23. The van der Waals surface area contributed by atoms with E-state index in [1.54, 1.807) is 11.8 Å². The zero-order chi connectivity index (χ0) is 11.9. The lowest BCUT2D eigenvalue weighted by Gasteiger charge is -2.10. The Kier molecular flexibility index (Phi) is 7.13. The third-order valence-electron chi connectivity index (χ3n) is 2.84. The Morgan fingerprint density at radius 2 is 1.83 bits per heavy atom. The van der Waals surface area contributed by atoms with Crippen LogP contribution >= 0.6 is 28.7 Å². The maximum absolute atomic E-state index is 5.60. The molecule has 0 aliphatic carbocycles. The molecular formula is C14H19BrN2S. The van der Waals surface area contributed by atoms with Gasteiger partial charge in [0.1, 0.15) is 0 Å². The number of hydrogen-bond donors (Lipinski definition) is 1. The number of benzene rings is 1. The molecule has 0 bridgehead atoms. The van der Waals surface area contributed by atoms with Crippen molar-refractivity contribution in [1.82, 2.24) is 0 Å². The molecule has 2 rings (SSSR count). The van der Waals surface area contributed by atoms with E-state index in [-0.39, 0.29) is 17.0 Å². The topological polar surface area (TPSA) is 38.4 Å². The van der Waals surface area contributed by atoms with E-state index < -0.39 is 0 Å². The van der Waals surface area contributed by atoms with Gasteiger partial charge in [-0.2, -0.15) is 0 Å². The molecule has 18 heavy (non-hydrogen) atoms. The third kappa shape index (κ3) is 5.27. The second-order valence-electron chi connectivity index (χ2n) is 4.24. The Morgan fingerprint density at radius 1 is 1.11 bits per heavy atom. The molecule has 0 aromatic heterocycles. The van der Waals surface area contributed by atoms with Crippen LogP contribution in [0.1, 0.15) is 24.8 Å². The van der Waals surface area contributed by atoms with Gasteiger partial charge in [-0.25, -0.2) is 4.99 Å². The van der Waals surface area contributed by atoms with Crippen LogP contribution in [0.5, 0.6) is 0 Å². The summed E-state index contributed by atoms with van der Waals surface area (Å²) in [7, 11) is 0. The normalized spacial score (nSPS) is 14.4. The van der Waals surface area contributed by atoms with Gasteiger partial charge in [0.05, 0.1) is 0 Å². The van der Waals surface area contributed by atoms with E-state index in [4.69, 9.17) is 5.73 Å². The van der Waals surface area contributed by atoms with Crippen molar-refractivity contribution in [2.45, 2.75) is 25.7 Å². The lowest BCUT2D eigenvalue weighted by Crippen LogP contribution is -2.10. The number of nitrogens with zero attached hydrogens (tertiary/aromatic N) is 1. The predicted octanol–water partition coefficient (Wildman–Crippen LogP) is 3.92.